The fraction of sp³-hybridized carbons (Fsp3) is 0.875. The van der Waals surface area contributed by atoms with Crippen LogP contribution in [-0.4, -0.2) is 40.3 Å². The Bertz CT molecular complexity index is 396. The van der Waals surface area contributed by atoms with Crippen molar-refractivity contribution in [3.8, 4) is 0 Å². The van der Waals surface area contributed by atoms with Gasteiger partial charge >= 0.3 is 12.1 Å². The minimum Gasteiger partial charge on any atom is -0.480 e. The number of ether oxygens (including phenoxy) is 1. The van der Waals surface area contributed by atoms with Gasteiger partial charge in [0.25, 0.3) is 0 Å². The number of rotatable bonds is 2. The molecule has 0 radical (unpaired) electrons. The van der Waals surface area contributed by atoms with Crippen molar-refractivity contribution in [2.24, 2.45) is 11.8 Å². The third-order valence-electron chi connectivity index (χ3n) is 4.60. The van der Waals surface area contributed by atoms with E-state index in [2.05, 4.69) is 0 Å². The summed E-state index contributed by atoms with van der Waals surface area (Å²) in [7, 11) is 0. The number of aliphatic carboxylic acids is 1. The molecule has 5 nitrogen and oxygen atoms in total. The maximum atomic E-state index is 12.3. The first-order valence-electron chi connectivity index (χ1n) is 8.00. The Morgan fingerprint density at radius 2 is 1.67 bits per heavy atom. The molecule has 1 saturated carbocycles. The fourth-order valence-electron chi connectivity index (χ4n) is 3.59. The van der Waals surface area contributed by atoms with E-state index in [1.54, 1.807) is 20.8 Å². The number of hydrogen-bond acceptors (Lipinski definition) is 3. The van der Waals surface area contributed by atoms with E-state index < -0.39 is 23.7 Å². The molecule has 2 unspecified atom stereocenters. The number of amides is 1. The summed E-state index contributed by atoms with van der Waals surface area (Å²) in [4.78, 5) is 25.2. The number of carboxylic acid groups (broad SMARTS) is 1. The van der Waals surface area contributed by atoms with Crippen LogP contribution in [0.15, 0.2) is 0 Å². The van der Waals surface area contributed by atoms with Crippen molar-refractivity contribution in [1.82, 2.24) is 4.90 Å². The van der Waals surface area contributed by atoms with Crippen molar-refractivity contribution >= 4 is 12.1 Å². The lowest BCUT2D eigenvalue weighted by atomic mass is 9.82. The number of hydrogen-bond donors (Lipinski definition) is 1. The minimum absolute atomic E-state index is 0.426. The molecule has 1 aliphatic carbocycles. The molecule has 1 saturated heterocycles. The first-order valence-corrected chi connectivity index (χ1v) is 8.00. The lowest BCUT2D eigenvalue weighted by molar-refractivity contribution is -0.145. The third-order valence-corrected chi connectivity index (χ3v) is 4.60. The standard InChI is InChI=1S/C16H27NO4/c1-16(2,3)21-15(20)17-10-12(11-6-4-5-7-11)8-9-13(17)14(18)19/h11-13H,4-10H2,1-3H3,(H,18,19). The zero-order valence-corrected chi connectivity index (χ0v) is 13.3. The summed E-state index contributed by atoms with van der Waals surface area (Å²) in [5, 5.41) is 9.36. The molecule has 1 aliphatic heterocycles. The number of nitrogens with zero attached hydrogens (tertiary/aromatic N) is 1. The van der Waals surface area contributed by atoms with Crippen LogP contribution in [0.3, 0.4) is 0 Å². The summed E-state index contributed by atoms with van der Waals surface area (Å²) < 4.78 is 5.39. The first-order chi connectivity index (χ1) is 9.78. The molecular formula is C16H27NO4. The monoisotopic (exact) mass is 297 g/mol. The Balaban J connectivity index is 2.07. The summed E-state index contributed by atoms with van der Waals surface area (Å²) in [6.07, 6.45) is 5.90. The van der Waals surface area contributed by atoms with Crippen molar-refractivity contribution < 1.29 is 19.4 Å². The predicted molar refractivity (Wildman–Crippen MR) is 79.0 cm³/mol. The van der Waals surface area contributed by atoms with E-state index in [9.17, 15) is 14.7 Å². The molecule has 21 heavy (non-hydrogen) atoms. The third kappa shape index (κ3) is 4.11. The Morgan fingerprint density at radius 1 is 1.05 bits per heavy atom. The summed E-state index contributed by atoms with van der Waals surface area (Å²) in [5.41, 5.74) is -0.597. The second-order valence-corrected chi connectivity index (χ2v) is 7.37. The molecule has 1 N–H and O–H groups in total. The van der Waals surface area contributed by atoms with Gasteiger partial charge in [0.15, 0.2) is 0 Å². The SMILES string of the molecule is CC(C)(C)OC(=O)N1CC(C2CCCC2)CCC1C(=O)O. The predicted octanol–water partition coefficient (Wildman–Crippen LogP) is 3.28. The van der Waals surface area contributed by atoms with Gasteiger partial charge in [-0.3, -0.25) is 4.90 Å². The van der Waals surface area contributed by atoms with Gasteiger partial charge in [-0.1, -0.05) is 25.7 Å². The molecule has 2 rings (SSSR count). The van der Waals surface area contributed by atoms with Gasteiger partial charge in [0.05, 0.1) is 0 Å². The summed E-state index contributed by atoms with van der Waals surface area (Å²) in [6, 6.07) is -0.738. The smallest absolute Gasteiger partial charge is 0.411 e. The lowest BCUT2D eigenvalue weighted by Crippen LogP contribution is -2.53. The number of carboxylic acids is 1. The highest BCUT2D eigenvalue weighted by molar-refractivity contribution is 5.80. The molecule has 0 bridgehead atoms. The molecule has 0 aromatic heterocycles. The summed E-state index contributed by atoms with van der Waals surface area (Å²) in [6.45, 7) is 5.94. The number of carbonyl (C=O) groups is 2. The van der Waals surface area contributed by atoms with Gasteiger partial charge in [0.1, 0.15) is 11.6 Å². The average Bonchev–Trinajstić information content (AvgIpc) is 2.89. The topological polar surface area (TPSA) is 66.8 Å². The Kier molecular flexibility index (Phi) is 4.79. The van der Waals surface area contributed by atoms with Crippen molar-refractivity contribution in [2.45, 2.75) is 70.9 Å². The van der Waals surface area contributed by atoms with Gasteiger partial charge in [-0.15, -0.1) is 0 Å². The molecule has 0 aromatic rings. The molecular weight excluding hydrogens is 270 g/mol. The van der Waals surface area contributed by atoms with E-state index >= 15 is 0 Å². The van der Waals surface area contributed by atoms with Gasteiger partial charge in [-0.05, 0) is 45.4 Å². The molecule has 2 atom stereocenters. The highest BCUT2D eigenvalue weighted by Gasteiger charge is 2.40. The van der Waals surface area contributed by atoms with E-state index in [4.69, 9.17) is 4.74 Å². The molecule has 0 spiro atoms. The van der Waals surface area contributed by atoms with Crippen LogP contribution in [0.2, 0.25) is 0 Å². The molecule has 0 aromatic carbocycles. The average molecular weight is 297 g/mol. The number of carbonyl (C=O) groups excluding carboxylic acids is 1. The summed E-state index contributed by atoms with van der Waals surface area (Å²) >= 11 is 0. The van der Waals surface area contributed by atoms with Gasteiger partial charge in [-0.2, -0.15) is 0 Å². The molecule has 1 amide bonds. The zero-order chi connectivity index (χ0) is 15.6. The first kappa shape index (κ1) is 16.1. The van der Waals surface area contributed by atoms with Crippen molar-refractivity contribution in [1.29, 1.82) is 0 Å². The Labute approximate surface area is 126 Å². The second kappa shape index (κ2) is 6.24. The maximum absolute atomic E-state index is 12.3. The minimum atomic E-state index is -0.925. The van der Waals surface area contributed by atoms with E-state index in [1.807, 2.05) is 0 Å². The quantitative estimate of drug-likeness (QED) is 0.849. The van der Waals surface area contributed by atoms with E-state index in [0.717, 1.165) is 6.42 Å². The van der Waals surface area contributed by atoms with Crippen LogP contribution >= 0.6 is 0 Å². The highest BCUT2D eigenvalue weighted by atomic mass is 16.6. The summed E-state index contributed by atoms with van der Waals surface area (Å²) in [5.74, 6) is 0.144. The van der Waals surface area contributed by atoms with Crippen LogP contribution < -0.4 is 0 Å². The largest absolute Gasteiger partial charge is 0.480 e. The van der Waals surface area contributed by atoms with Gasteiger partial charge < -0.3 is 9.84 Å². The van der Waals surface area contributed by atoms with Crippen LogP contribution in [0, 0.1) is 11.8 Å². The van der Waals surface area contributed by atoms with Gasteiger partial charge in [0.2, 0.25) is 0 Å². The molecule has 1 heterocycles. The molecule has 2 fully saturated rings. The van der Waals surface area contributed by atoms with Crippen LogP contribution in [0.5, 0.6) is 0 Å². The highest BCUT2D eigenvalue weighted by Crippen LogP contribution is 2.37. The van der Waals surface area contributed by atoms with Crippen LogP contribution in [0.25, 0.3) is 0 Å². The Hall–Kier alpha value is -1.26. The Morgan fingerprint density at radius 3 is 2.19 bits per heavy atom. The fourth-order valence-corrected chi connectivity index (χ4v) is 3.59. The van der Waals surface area contributed by atoms with Crippen LogP contribution in [0.1, 0.15) is 59.3 Å². The van der Waals surface area contributed by atoms with E-state index in [0.29, 0.717) is 24.8 Å². The second-order valence-electron chi connectivity index (χ2n) is 7.37. The molecule has 2 aliphatic rings. The number of piperidine rings is 1. The van der Waals surface area contributed by atoms with Crippen LogP contribution in [0.4, 0.5) is 4.79 Å². The van der Waals surface area contributed by atoms with E-state index in [-0.39, 0.29) is 0 Å². The normalized spacial score (nSPS) is 27.7. The van der Waals surface area contributed by atoms with Gasteiger partial charge in [0, 0.05) is 6.54 Å². The lowest BCUT2D eigenvalue weighted by Gasteiger charge is -2.40. The molecule has 5 heteroatoms. The van der Waals surface area contributed by atoms with Crippen LogP contribution in [-0.2, 0) is 9.53 Å². The number of likely N-dealkylation sites (tertiary alicyclic amines) is 1. The van der Waals surface area contributed by atoms with Crippen molar-refractivity contribution in [3.05, 3.63) is 0 Å². The van der Waals surface area contributed by atoms with E-state index in [1.165, 1.54) is 30.6 Å². The van der Waals surface area contributed by atoms with Crippen molar-refractivity contribution in [2.75, 3.05) is 6.54 Å². The molecule has 120 valence electrons. The van der Waals surface area contributed by atoms with Crippen molar-refractivity contribution in [3.63, 3.8) is 0 Å². The zero-order valence-electron chi connectivity index (χ0n) is 13.3. The maximum Gasteiger partial charge on any atom is 0.411 e. The van der Waals surface area contributed by atoms with Gasteiger partial charge in [-0.25, -0.2) is 9.59 Å².